The second-order valence-corrected chi connectivity index (χ2v) is 5.29. The molecule has 23 heavy (non-hydrogen) atoms. The number of hydrogen-bond donors (Lipinski definition) is 2. The molecule has 1 fully saturated rings. The Balaban J connectivity index is 1.86. The number of hydrazone groups is 1. The van der Waals surface area contributed by atoms with Gasteiger partial charge in [0.15, 0.2) is 0 Å². The van der Waals surface area contributed by atoms with Gasteiger partial charge in [-0.05, 0) is 30.5 Å². The minimum Gasteiger partial charge on any atom is -0.318 e. The number of nitrogens with one attached hydrogen (secondary N) is 2. The summed E-state index contributed by atoms with van der Waals surface area (Å²) in [6.07, 6.45) is 0.302. The van der Waals surface area contributed by atoms with Gasteiger partial charge < -0.3 is 5.32 Å². The van der Waals surface area contributed by atoms with E-state index >= 15 is 0 Å². The number of nitrogens with zero attached hydrogens (tertiary/aromatic N) is 1. The van der Waals surface area contributed by atoms with Gasteiger partial charge in [-0.3, -0.25) is 9.59 Å². The highest BCUT2D eigenvalue weighted by molar-refractivity contribution is 5.95. The van der Waals surface area contributed by atoms with E-state index in [-0.39, 0.29) is 17.5 Å². The molecule has 1 aliphatic rings. The minimum absolute atomic E-state index is 0.00658. The summed E-state index contributed by atoms with van der Waals surface area (Å²) in [7, 11) is 0. The summed E-state index contributed by atoms with van der Waals surface area (Å²) >= 11 is 0. The fourth-order valence-corrected chi connectivity index (χ4v) is 2.30. The van der Waals surface area contributed by atoms with Crippen LogP contribution in [0.3, 0.4) is 0 Å². The summed E-state index contributed by atoms with van der Waals surface area (Å²) < 4.78 is 36.3. The lowest BCUT2D eigenvalue weighted by Gasteiger charge is -2.08. The van der Waals surface area contributed by atoms with Crippen LogP contribution in [0.2, 0.25) is 0 Å². The molecule has 1 saturated carbocycles. The van der Waals surface area contributed by atoms with Gasteiger partial charge in [-0.25, -0.2) is 5.43 Å². The molecule has 8 heteroatoms. The third-order valence-corrected chi connectivity index (χ3v) is 3.54. The summed E-state index contributed by atoms with van der Waals surface area (Å²) in [4.78, 5) is 22.5. The van der Waals surface area contributed by atoms with Gasteiger partial charge in [-0.15, -0.1) is 0 Å². The lowest BCUT2D eigenvalue weighted by molar-refractivity contribution is -0.167. The first kappa shape index (κ1) is 17.0. The Bertz CT molecular complexity index is 591. The molecule has 0 atom stereocenters. The second-order valence-electron chi connectivity index (χ2n) is 5.29. The fraction of sp³-hybridized carbons (Fsp3) is 0.400. The summed E-state index contributed by atoms with van der Waals surface area (Å²) in [5.41, 5.74) is 3.06. The molecule has 5 nitrogen and oxygen atoms in total. The Hall–Kier alpha value is -2.38. The van der Waals surface area contributed by atoms with E-state index in [1.165, 1.54) is 30.5 Å². The number of halogens is 3. The van der Waals surface area contributed by atoms with E-state index in [9.17, 15) is 22.8 Å². The average molecular weight is 327 g/mol. The standard InChI is InChI=1S/C15H16F3N3O2/c16-15(17,18)14(23)20-12-7-5-10(6-8-12)9-19-21-13(22)11-3-1-2-4-11/h5-9,11H,1-4H2,(H,20,23)(H,21,22)/b19-9+. The number of carbonyl (C=O) groups is 2. The first-order chi connectivity index (χ1) is 10.9. The van der Waals surface area contributed by atoms with Crippen LogP contribution in [0.4, 0.5) is 18.9 Å². The highest BCUT2D eigenvalue weighted by atomic mass is 19.4. The normalized spacial score (nSPS) is 15.8. The number of carbonyl (C=O) groups excluding carboxylic acids is 2. The summed E-state index contributed by atoms with van der Waals surface area (Å²) in [6.45, 7) is 0. The zero-order valence-electron chi connectivity index (χ0n) is 12.2. The monoisotopic (exact) mass is 327 g/mol. The SMILES string of the molecule is O=C(N/N=C/c1ccc(NC(=O)C(F)(F)F)cc1)C1CCCC1. The molecular formula is C15H16F3N3O2. The minimum atomic E-state index is -4.93. The van der Waals surface area contributed by atoms with Crippen molar-refractivity contribution in [3.8, 4) is 0 Å². The van der Waals surface area contributed by atoms with Crippen molar-refractivity contribution in [1.82, 2.24) is 5.43 Å². The van der Waals surface area contributed by atoms with Crippen LogP contribution >= 0.6 is 0 Å². The van der Waals surface area contributed by atoms with Crippen LogP contribution in [-0.2, 0) is 9.59 Å². The number of amides is 2. The molecule has 0 aliphatic heterocycles. The zero-order chi connectivity index (χ0) is 16.9. The molecule has 124 valence electrons. The van der Waals surface area contributed by atoms with E-state index in [1.54, 1.807) is 5.32 Å². The van der Waals surface area contributed by atoms with Gasteiger partial charge in [0, 0.05) is 11.6 Å². The van der Waals surface area contributed by atoms with E-state index < -0.39 is 12.1 Å². The molecular weight excluding hydrogens is 311 g/mol. The van der Waals surface area contributed by atoms with E-state index in [0.717, 1.165) is 25.7 Å². The van der Waals surface area contributed by atoms with Gasteiger partial charge in [-0.2, -0.15) is 18.3 Å². The number of hydrogen-bond acceptors (Lipinski definition) is 3. The van der Waals surface area contributed by atoms with Gasteiger partial charge >= 0.3 is 12.1 Å². The molecule has 2 N–H and O–H groups in total. The summed E-state index contributed by atoms with van der Waals surface area (Å²) in [5, 5.41) is 5.57. The molecule has 0 heterocycles. The molecule has 0 radical (unpaired) electrons. The number of rotatable bonds is 4. The second kappa shape index (κ2) is 7.26. The summed E-state index contributed by atoms with van der Waals surface area (Å²) in [5.74, 6) is -2.14. The van der Waals surface area contributed by atoms with Crippen molar-refractivity contribution in [1.29, 1.82) is 0 Å². The molecule has 2 amide bonds. The third-order valence-electron chi connectivity index (χ3n) is 3.54. The first-order valence-corrected chi connectivity index (χ1v) is 7.17. The lowest BCUT2D eigenvalue weighted by Crippen LogP contribution is -2.29. The van der Waals surface area contributed by atoms with E-state index in [2.05, 4.69) is 10.5 Å². The van der Waals surface area contributed by atoms with Gasteiger partial charge in [0.2, 0.25) is 5.91 Å². The van der Waals surface area contributed by atoms with E-state index in [1.807, 2.05) is 0 Å². The molecule has 0 saturated heterocycles. The highest BCUT2D eigenvalue weighted by Crippen LogP contribution is 2.24. The first-order valence-electron chi connectivity index (χ1n) is 7.17. The summed E-state index contributed by atoms with van der Waals surface area (Å²) in [6, 6.07) is 5.61. The fourth-order valence-electron chi connectivity index (χ4n) is 2.30. The van der Waals surface area contributed by atoms with E-state index in [4.69, 9.17) is 0 Å². The Morgan fingerprint density at radius 3 is 2.30 bits per heavy atom. The van der Waals surface area contributed by atoms with Crippen molar-refractivity contribution in [2.24, 2.45) is 11.0 Å². The molecule has 1 aromatic carbocycles. The molecule has 0 aromatic heterocycles. The van der Waals surface area contributed by atoms with Crippen molar-refractivity contribution >= 4 is 23.7 Å². The average Bonchev–Trinajstić information content (AvgIpc) is 3.02. The van der Waals surface area contributed by atoms with Crippen molar-refractivity contribution in [2.45, 2.75) is 31.9 Å². The maximum absolute atomic E-state index is 12.1. The van der Waals surface area contributed by atoms with Crippen molar-refractivity contribution in [3.05, 3.63) is 29.8 Å². The van der Waals surface area contributed by atoms with Gasteiger partial charge in [0.05, 0.1) is 6.21 Å². The molecule has 0 bridgehead atoms. The molecule has 0 spiro atoms. The Kier molecular flexibility index (Phi) is 5.36. The smallest absolute Gasteiger partial charge is 0.318 e. The van der Waals surface area contributed by atoms with Crippen LogP contribution in [0.25, 0.3) is 0 Å². The van der Waals surface area contributed by atoms with Crippen LogP contribution in [-0.4, -0.2) is 24.2 Å². The zero-order valence-corrected chi connectivity index (χ0v) is 12.2. The molecule has 1 aromatic rings. The van der Waals surface area contributed by atoms with Gasteiger partial charge in [0.25, 0.3) is 0 Å². The number of anilines is 1. The topological polar surface area (TPSA) is 70.6 Å². The third kappa shape index (κ3) is 5.08. The van der Waals surface area contributed by atoms with Crippen LogP contribution in [0.1, 0.15) is 31.2 Å². The predicted octanol–water partition coefficient (Wildman–Crippen LogP) is 2.83. The van der Waals surface area contributed by atoms with Crippen LogP contribution in [0.5, 0.6) is 0 Å². The Labute approximate surface area is 130 Å². The molecule has 2 rings (SSSR count). The molecule has 0 unspecified atom stereocenters. The van der Waals surface area contributed by atoms with Crippen LogP contribution in [0, 0.1) is 5.92 Å². The van der Waals surface area contributed by atoms with Crippen molar-refractivity contribution in [2.75, 3.05) is 5.32 Å². The Morgan fingerprint density at radius 2 is 1.74 bits per heavy atom. The van der Waals surface area contributed by atoms with Gasteiger partial charge in [0.1, 0.15) is 0 Å². The maximum atomic E-state index is 12.1. The van der Waals surface area contributed by atoms with Crippen LogP contribution < -0.4 is 10.7 Å². The Morgan fingerprint density at radius 1 is 1.13 bits per heavy atom. The lowest BCUT2D eigenvalue weighted by atomic mass is 10.1. The largest absolute Gasteiger partial charge is 0.471 e. The van der Waals surface area contributed by atoms with Gasteiger partial charge in [-0.1, -0.05) is 25.0 Å². The number of alkyl halides is 3. The number of benzene rings is 1. The maximum Gasteiger partial charge on any atom is 0.471 e. The highest BCUT2D eigenvalue weighted by Gasteiger charge is 2.38. The van der Waals surface area contributed by atoms with Crippen LogP contribution in [0.15, 0.2) is 29.4 Å². The molecule has 1 aliphatic carbocycles. The quantitative estimate of drug-likeness (QED) is 0.659. The van der Waals surface area contributed by atoms with Crippen molar-refractivity contribution in [3.63, 3.8) is 0 Å². The van der Waals surface area contributed by atoms with Crippen molar-refractivity contribution < 1.29 is 22.8 Å². The predicted molar refractivity (Wildman–Crippen MR) is 78.8 cm³/mol. The van der Waals surface area contributed by atoms with E-state index in [0.29, 0.717) is 5.56 Å².